The number of carbonyl (C=O) groups is 2. The smallest absolute Gasteiger partial charge is 0.336 e. The third-order valence-electron chi connectivity index (χ3n) is 5.02. The Balaban J connectivity index is 2.14. The van der Waals surface area contributed by atoms with E-state index in [2.05, 4.69) is 0 Å². The molecule has 0 aliphatic carbocycles. The van der Waals surface area contributed by atoms with Crippen LogP contribution in [0.5, 0.6) is 11.5 Å². The lowest BCUT2D eigenvalue weighted by Crippen LogP contribution is -2.65. The van der Waals surface area contributed by atoms with E-state index in [-0.39, 0.29) is 13.0 Å². The van der Waals surface area contributed by atoms with Crippen molar-refractivity contribution in [1.29, 1.82) is 0 Å². The monoisotopic (exact) mass is 446 g/mol. The van der Waals surface area contributed by atoms with Crippen molar-refractivity contribution in [2.75, 3.05) is 19.1 Å². The number of methoxy groups -OCH3 is 2. The van der Waals surface area contributed by atoms with E-state index in [1.54, 1.807) is 45.0 Å². The Morgan fingerprint density at radius 3 is 2.35 bits per heavy atom. The van der Waals surface area contributed by atoms with Gasteiger partial charge >= 0.3 is 5.97 Å². The molecule has 31 heavy (non-hydrogen) atoms. The predicted molar refractivity (Wildman–Crippen MR) is 119 cm³/mol. The van der Waals surface area contributed by atoms with E-state index in [4.69, 9.17) is 31.5 Å². The largest absolute Gasteiger partial charge is 0.493 e. The Bertz CT molecular complexity index is 1020. The lowest BCUT2D eigenvalue weighted by molar-refractivity contribution is -0.164. The fraction of sp³-hybridized carbons (Fsp3) is 0.391. The Kier molecular flexibility index (Phi) is 6.21. The number of hydrogen-bond donors (Lipinski definition) is 1. The fourth-order valence-corrected chi connectivity index (χ4v) is 3.71. The van der Waals surface area contributed by atoms with E-state index >= 15 is 0 Å². The van der Waals surface area contributed by atoms with E-state index in [9.17, 15) is 9.59 Å². The van der Waals surface area contributed by atoms with Gasteiger partial charge in [-0.3, -0.25) is 4.79 Å². The zero-order valence-corrected chi connectivity index (χ0v) is 19.1. The first-order valence-corrected chi connectivity index (χ1v) is 10.2. The molecule has 1 aliphatic rings. The van der Waals surface area contributed by atoms with E-state index in [0.717, 1.165) is 0 Å². The van der Waals surface area contributed by atoms with Crippen LogP contribution in [0, 0.1) is 0 Å². The number of esters is 1. The third-order valence-corrected chi connectivity index (χ3v) is 5.39. The molecule has 0 spiro atoms. The van der Waals surface area contributed by atoms with Crippen molar-refractivity contribution < 1.29 is 23.8 Å². The summed E-state index contributed by atoms with van der Waals surface area (Å²) >= 11 is 6.34. The Morgan fingerprint density at radius 1 is 1.16 bits per heavy atom. The fourth-order valence-electron chi connectivity index (χ4n) is 3.51. The molecule has 0 bridgehead atoms. The molecular weight excluding hydrogens is 420 g/mol. The molecule has 2 aromatic rings. The number of hydrogen-bond acceptors (Lipinski definition) is 6. The summed E-state index contributed by atoms with van der Waals surface area (Å²) in [6.07, 6.45) is -0.0323. The first-order valence-electron chi connectivity index (χ1n) is 9.83. The van der Waals surface area contributed by atoms with Gasteiger partial charge in [-0.05, 0) is 44.0 Å². The normalized spacial score (nSPS) is 18.4. The minimum atomic E-state index is -1.89. The van der Waals surface area contributed by atoms with Crippen molar-refractivity contribution in [1.82, 2.24) is 0 Å². The second-order valence-corrected chi connectivity index (χ2v) is 8.88. The summed E-state index contributed by atoms with van der Waals surface area (Å²) in [5.74, 6) is -0.421. The summed E-state index contributed by atoms with van der Waals surface area (Å²) in [7, 11) is 3.03. The molecule has 0 radical (unpaired) electrons. The molecular formula is C23H27ClN2O5. The molecule has 1 heterocycles. The number of nitrogens with zero attached hydrogens (tertiary/aromatic N) is 1. The number of anilines is 1. The number of benzene rings is 2. The maximum Gasteiger partial charge on any atom is 0.336 e. The van der Waals surface area contributed by atoms with Gasteiger partial charge in [0.05, 0.1) is 26.5 Å². The van der Waals surface area contributed by atoms with Gasteiger partial charge in [0.15, 0.2) is 17.0 Å². The van der Waals surface area contributed by atoms with Crippen LogP contribution in [0.1, 0.15) is 31.9 Å². The second-order valence-electron chi connectivity index (χ2n) is 8.47. The Hall–Kier alpha value is -2.77. The lowest BCUT2D eigenvalue weighted by Gasteiger charge is -2.40. The molecule has 2 N–H and O–H groups in total. The van der Waals surface area contributed by atoms with Crippen LogP contribution in [-0.4, -0.2) is 37.2 Å². The first kappa shape index (κ1) is 22.9. The van der Waals surface area contributed by atoms with Gasteiger partial charge in [0.2, 0.25) is 0 Å². The minimum Gasteiger partial charge on any atom is -0.493 e. The van der Waals surface area contributed by atoms with Crippen LogP contribution >= 0.6 is 11.6 Å². The van der Waals surface area contributed by atoms with Gasteiger partial charge in [-0.1, -0.05) is 29.8 Å². The number of rotatable bonds is 5. The summed E-state index contributed by atoms with van der Waals surface area (Å²) in [6, 6.07) is 10.6. The molecule has 8 heteroatoms. The number of fused-ring (bicyclic) bond motifs is 1. The zero-order valence-electron chi connectivity index (χ0n) is 18.3. The third kappa shape index (κ3) is 4.48. The van der Waals surface area contributed by atoms with E-state index in [1.807, 2.05) is 12.1 Å². The number of carbonyl (C=O) groups excluding carboxylic acids is 2. The Labute approximate surface area is 187 Å². The molecule has 0 saturated carbocycles. The predicted octanol–water partition coefficient (Wildman–Crippen LogP) is 3.49. The van der Waals surface area contributed by atoms with Gasteiger partial charge in [0.25, 0.3) is 5.91 Å². The van der Waals surface area contributed by atoms with Gasteiger partial charge in [0, 0.05) is 17.5 Å². The molecule has 1 aliphatic heterocycles. The topological polar surface area (TPSA) is 91.1 Å². The van der Waals surface area contributed by atoms with Gasteiger partial charge in [-0.25, -0.2) is 4.79 Å². The summed E-state index contributed by atoms with van der Waals surface area (Å²) in [6.45, 7) is 5.31. The van der Waals surface area contributed by atoms with E-state index < -0.39 is 23.0 Å². The highest BCUT2D eigenvalue weighted by Gasteiger charge is 2.51. The average Bonchev–Trinajstić information content (AvgIpc) is 2.70. The molecule has 0 fully saturated rings. The van der Waals surface area contributed by atoms with Crippen LogP contribution in [-0.2, 0) is 27.3 Å². The SMILES string of the molecule is COc1cc2c(cc1OC)N(Cc1ccccc1Cl)C(=O)C(N)(C(=O)OC(C)(C)C)C2. The van der Waals surface area contributed by atoms with Crippen LogP contribution in [0.3, 0.4) is 0 Å². The van der Waals surface area contributed by atoms with E-state index in [1.165, 1.54) is 19.1 Å². The van der Waals surface area contributed by atoms with Crippen LogP contribution in [0.4, 0.5) is 5.69 Å². The molecule has 3 rings (SSSR count). The lowest BCUT2D eigenvalue weighted by atomic mass is 9.84. The zero-order chi connectivity index (χ0) is 23.0. The average molecular weight is 447 g/mol. The number of halogens is 1. The molecule has 0 aromatic heterocycles. The van der Waals surface area contributed by atoms with Crippen molar-refractivity contribution in [3.63, 3.8) is 0 Å². The van der Waals surface area contributed by atoms with Crippen LogP contribution in [0.25, 0.3) is 0 Å². The van der Waals surface area contributed by atoms with E-state index in [0.29, 0.717) is 33.3 Å². The summed E-state index contributed by atoms with van der Waals surface area (Å²) in [5, 5.41) is 0.503. The van der Waals surface area contributed by atoms with Crippen LogP contribution in [0.15, 0.2) is 36.4 Å². The van der Waals surface area contributed by atoms with Crippen LogP contribution in [0.2, 0.25) is 5.02 Å². The van der Waals surface area contributed by atoms with Crippen molar-refractivity contribution in [2.45, 2.75) is 44.9 Å². The maximum atomic E-state index is 13.6. The van der Waals surface area contributed by atoms with Crippen molar-refractivity contribution in [2.24, 2.45) is 5.73 Å². The maximum absolute atomic E-state index is 13.6. The van der Waals surface area contributed by atoms with Gasteiger partial charge in [-0.15, -0.1) is 0 Å². The summed E-state index contributed by atoms with van der Waals surface area (Å²) in [5.41, 5.74) is 5.71. The molecule has 2 aromatic carbocycles. The van der Waals surface area contributed by atoms with Crippen molar-refractivity contribution in [3.8, 4) is 11.5 Å². The molecule has 166 valence electrons. The molecule has 1 unspecified atom stereocenters. The number of ether oxygens (including phenoxy) is 3. The molecule has 1 amide bonds. The van der Waals surface area contributed by atoms with Gasteiger partial charge in [-0.2, -0.15) is 0 Å². The molecule has 1 atom stereocenters. The quantitative estimate of drug-likeness (QED) is 0.558. The van der Waals surface area contributed by atoms with Crippen LogP contribution < -0.4 is 20.1 Å². The summed E-state index contributed by atoms with van der Waals surface area (Å²) in [4.78, 5) is 28.1. The highest BCUT2D eigenvalue weighted by molar-refractivity contribution is 6.31. The van der Waals surface area contributed by atoms with Crippen molar-refractivity contribution in [3.05, 3.63) is 52.5 Å². The summed E-state index contributed by atoms with van der Waals surface area (Å²) < 4.78 is 16.3. The number of nitrogens with two attached hydrogens (primary N) is 1. The highest BCUT2D eigenvalue weighted by atomic mass is 35.5. The highest BCUT2D eigenvalue weighted by Crippen LogP contribution is 2.41. The number of amides is 1. The van der Waals surface area contributed by atoms with Gasteiger partial charge in [0.1, 0.15) is 5.60 Å². The molecule has 7 nitrogen and oxygen atoms in total. The van der Waals surface area contributed by atoms with Gasteiger partial charge < -0.3 is 24.8 Å². The first-order chi connectivity index (χ1) is 14.5. The Morgan fingerprint density at radius 2 is 1.77 bits per heavy atom. The second kappa shape index (κ2) is 8.40. The minimum absolute atomic E-state index is 0.0323. The standard InChI is InChI=1S/C23H27ClN2O5/c1-22(2,3)31-21(28)23(25)12-15-10-18(29-4)19(30-5)11-17(15)26(20(23)27)13-14-8-6-7-9-16(14)24/h6-11H,12-13,25H2,1-5H3. The van der Waals surface area contributed by atoms with Crippen molar-refractivity contribution >= 4 is 29.2 Å². The molecule has 0 saturated heterocycles.